The van der Waals surface area contributed by atoms with E-state index in [4.69, 9.17) is 15.2 Å². The van der Waals surface area contributed by atoms with Gasteiger partial charge in [-0.3, -0.25) is 4.79 Å². The summed E-state index contributed by atoms with van der Waals surface area (Å²) in [6.45, 7) is 9.32. The highest BCUT2D eigenvalue weighted by Crippen LogP contribution is 2.24. The van der Waals surface area contributed by atoms with Gasteiger partial charge in [-0.1, -0.05) is 12.1 Å². The number of carbonyl (C=O) groups excluding carboxylic acids is 1. The Bertz CT molecular complexity index is 1140. The third-order valence-corrected chi connectivity index (χ3v) is 5.70. The van der Waals surface area contributed by atoms with E-state index in [1.807, 2.05) is 63.2 Å². The molecule has 3 aromatic rings. The minimum absolute atomic E-state index is 0.189. The molecule has 0 unspecified atom stereocenters. The fourth-order valence-corrected chi connectivity index (χ4v) is 3.75. The molecule has 9 heteroatoms. The van der Waals surface area contributed by atoms with Crippen molar-refractivity contribution in [1.82, 2.24) is 9.97 Å². The summed E-state index contributed by atoms with van der Waals surface area (Å²) in [4.78, 5) is 23.2. The molecule has 1 amide bonds. The van der Waals surface area contributed by atoms with Crippen LogP contribution in [-0.4, -0.2) is 60.4 Å². The largest absolute Gasteiger partial charge is 0.378 e. The Hall–Kier alpha value is -3.69. The van der Waals surface area contributed by atoms with Crippen molar-refractivity contribution in [3.05, 3.63) is 60.8 Å². The first-order valence-electron chi connectivity index (χ1n) is 12.1. The number of ether oxygens (including phenoxy) is 2. The Labute approximate surface area is 212 Å². The van der Waals surface area contributed by atoms with Crippen molar-refractivity contribution in [2.75, 3.05) is 48.4 Å². The van der Waals surface area contributed by atoms with Crippen molar-refractivity contribution in [3.63, 3.8) is 0 Å². The van der Waals surface area contributed by atoms with Crippen molar-refractivity contribution in [2.24, 2.45) is 5.73 Å². The van der Waals surface area contributed by atoms with Crippen LogP contribution in [0.5, 0.6) is 0 Å². The Morgan fingerprint density at radius 1 is 1.06 bits per heavy atom. The number of anilines is 4. The van der Waals surface area contributed by atoms with Crippen molar-refractivity contribution in [1.29, 1.82) is 0 Å². The van der Waals surface area contributed by atoms with Gasteiger partial charge in [0.1, 0.15) is 6.04 Å². The van der Waals surface area contributed by atoms with Crippen molar-refractivity contribution in [2.45, 2.75) is 32.4 Å². The standard InChI is InChI=1S/C27H34N6O3/c1-27(2,3)36-18-24(25(28)34)30-20-6-4-19(5-7-20)23-12-13-29-26(32-23)31-21-8-10-22(11-9-21)33-14-16-35-17-15-33/h4-13,24,30H,14-18H2,1-3H3,(H2,28,34)(H,29,31,32)/t24-/m0/s1. The average molecular weight is 491 g/mol. The number of hydrogen-bond donors (Lipinski definition) is 3. The Morgan fingerprint density at radius 3 is 2.36 bits per heavy atom. The molecule has 1 aliphatic rings. The van der Waals surface area contributed by atoms with Crippen LogP contribution in [0.4, 0.5) is 23.0 Å². The third kappa shape index (κ3) is 7.16. The van der Waals surface area contributed by atoms with Crippen LogP contribution in [-0.2, 0) is 14.3 Å². The maximum absolute atomic E-state index is 11.8. The second-order valence-electron chi connectivity index (χ2n) is 9.64. The Morgan fingerprint density at radius 2 is 1.72 bits per heavy atom. The van der Waals surface area contributed by atoms with Gasteiger partial charge in [0, 0.05) is 41.9 Å². The van der Waals surface area contributed by atoms with Gasteiger partial charge >= 0.3 is 0 Å². The molecule has 4 rings (SSSR count). The number of morpholine rings is 1. The fourth-order valence-electron chi connectivity index (χ4n) is 3.75. The SMILES string of the molecule is CC(C)(C)OC[C@H](Nc1ccc(-c2ccnc(Nc3ccc(N4CCOCC4)cc3)n2)cc1)C(N)=O. The number of nitrogens with zero attached hydrogens (tertiary/aromatic N) is 3. The van der Waals surface area contributed by atoms with E-state index in [0.717, 1.165) is 48.9 Å². The Kier molecular flexibility index (Phi) is 8.02. The van der Waals surface area contributed by atoms with Crippen LogP contribution in [0.3, 0.4) is 0 Å². The smallest absolute Gasteiger partial charge is 0.242 e. The van der Waals surface area contributed by atoms with Gasteiger partial charge in [-0.15, -0.1) is 0 Å². The lowest BCUT2D eigenvalue weighted by Gasteiger charge is -2.28. The molecular formula is C27H34N6O3. The van der Waals surface area contributed by atoms with Gasteiger partial charge in [0.05, 0.1) is 31.1 Å². The Balaban J connectivity index is 1.39. The van der Waals surface area contributed by atoms with Gasteiger partial charge in [0.2, 0.25) is 11.9 Å². The highest BCUT2D eigenvalue weighted by molar-refractivity contribution is 5.83. The van der Waals surface area contributed by atoms with Crippen LogP contribution in [0.15, 0.2) is 60.8 Å². The molecule has 1 aliphatic heterocycles. The van der Waals surface area contributed by atoms with Gasteiger partial charge in [-0.05, 0) is 63.2 Å². The van der Waals surface area contributed by atoms with Gasteiger partial charge in [-0.25, -0.2) is 9.97 Å². The zero-order valence-corrected chi connectivity index (χ0v) is 21.0. The lowest BCUT2D eigenvalue weighted by atomic mass is 10.1. The van der Waals surface area contributed by atoms with Crippen LogP contribution in [0.1, 0.15) is 20.8 Å². The van der Waals surface area contributed by atoms with E-state index in [2.05, 4.69) is 37.6 Å². The second kappa shape index (κ2) is 11.4. The molecule has 1 saturated heterocycles. The van der Waals surface area contributed by atoms with Gasteiger partial charge in [-0.2, -0.15) is 0 Å². The molecule has 2 aromatic carbocycles. The summed E-state index contributed by atoms with van der Waals surface area (Å²) in [7, 11) is 0. The number of carbonyl (C=O) groups is 1. The van der Waals surface area contributed by atoms with Crippen molar-refractivity contribution >= 4 is 28.9 Å². The van der Waals surface area contributed by atoms with Gasteiger partial charge in [0.25, 0.3) is 0 Å². The lowest BCUT2D eigenvalue weighted by Crippen LogP contribution is -2.41. The minimum Gasteiger partial charge on any atom is -0.378 e. The van der Waals surface area contributed by atoms with Crippen LogP contribution in [0.25, 0.3) is 11.3 Å². The molecule has 0 spiro atoms. The molecular weight excluding hydrogens is 456 g/mol. The molecule has 0 aliphatic carbocycles. The summed E-state index contributed by atoms with van der Waals surface area (Å²) in [5.74, 6) is 0.0507. The quantitative estimate of drug-likeness (QED) is 0.415. The van der Waals surface area contributed by atoms with Crippen molar-refractivity contribution in [3.8, 4) is 11.3 Å². The number of nitrogens with two attached hydrogens (primary N) is 1. The van der Waals surface area contributed by atoms with E-state index in [0.29, 0.717) is 5.95 Å². The minimum atomic E-state index is -0.625. The number of benzene rings is 2. The molecule has 4 N–H and O–H groups in total. The molecule has 1 fully saturated rings. The summed E-state index contributed by atoms with van der Waals surface area (Å²) in [6.07, 6.45) is 1.73. The number of primary amides is 1. The second-order valence-corrected chi connectivity index (χ2v) is 9.64. The zero-order chi connectivity index (χ0) is 25.5. The van der Waals surface area contributed by atoms with Crippen LogP contribution >= 0.6 is 0 Å². The molecule has 0 radical (unpaired) electrons. The van der Waals surface area contributed by atoms with Crippen molar-refractivity contribution < 1.29 is 14.3 Å². The molecule has 1 atom stereocenters. The number of rotatable bonds is 9. The first-order chi connectivity index (χ1) is 17.3. The molecule has 0 saturated carbocycles. The van der Waals surface area contributed by atoms with E-state index in [-0.39, 0.29) is 12.2 Å². The number of amides is 1. The summed E-state index contributed by atoms with van der Waals surface area (Å²) in [5, 5.41) is 6.42. The van der Waals surface area contributed by atoms with E-state index in [9.17, 15) is 4.79 Å². The monoisotopic (exact) mass is 490 g/mol. The van der Waals surface area contributed by atoms with E-state index in [1.54, 1.807) is 6.20 Å². The maximum atomic E-state index is 11.8. The highest BCUT2D eigenvalue weighted by atomic mass is 16.5. The van der Waals surface area contributed by atoms with Crippen LogP contribution in [0.2, 0.25) is 0 Å². The van der Waals surface area contributed by atoms with Crippen LogP contribution in [0, 0.1) is 0 Å². The molecule has 36 heavy (non-hydrogen) atoms. The molecule has 190 valence electrons. The predicted octanol–water partition coefficient (Wildman–Crippen LogP) is 3.80. The average Bonchev–Trinajstić information content (AvgIpc) is 2.87. The number of hydrogen-bond acceptors (Lipinski definition) is 8. The molecule has 1 aromatic heterocycles. The van der Waals surface area contributed by atoms with E-state index >= 15 is 0 Å². The summed E-state index contributed by atoms with van der Waals surface area (Å²) in [5.41, 5.74) is 9.76. The fraction of sp³-hybridized carbons (Fsp3) is 0.370. The summed E-state index contributed by atoms with van der Waals surface area (Å²) in [6, 6.07) is 17.1. The number of nitrogens with one attached hydrogen (secondary N) is 2. The molecule has 9 nitrogen and oxygen atoms in total. The predicted molar refractivity (Wildman–Crippen MR) is 143 cm³/mol. The van der Waals surface area contributed by atoms with E-state index in [1.165, 1.54) is 5.69 Å². The van der Waals surface area contributed by atoms with E-state index < -0.39 is 11.9 Å². The van der Waals surface area contributed by atoms with Gasteiger partial charge in [0.15, 0.2) is 0 Å². The van der Waals surface area contributed by atoms with Crippen LogP contribution < -0.4 is 21.3 Å². The number of aromatic nitrogens is 2. The zero-order valence-electron chi connectivity index (χ0n) is 21.0. The summed E-state index contributed by atoms with van der Waals surface area (Å²) < 4.78 is 11.2. The highest BCUT2D eigenvalue weighted by Gasteiger charge is 2.20. The molecule has 2 heterocycles. The molecule has 0 bridgehead atoms. The van der Waals surface area contributed by atoms with Gasteiger partial charge < -0.3 is 30.7 Å². The summed E-state index contributed by atoms with van der Waals surface area (Å²) >= 11 is 0. The lowest BCUT2D eigenvalue weighted by molar-refractivity contribution is -0.121. The maximum Gasteiger partial charge on any atom is 0.242 e. The first kappa shape index (κ1) is 25.4. The first-order valence-corrected chi connectivity index (χ1v) is 12.1. The normalized spacial score (nSPS) is 14.8. The third-order valence-electron chi connectivity index (χ3n) is 5.70. The topological polar surface area (TPSA) is 115 Å².